The van der Waals surface area contributed by atoms with Crippen molar-refractivity contribution in [3.05, 3.63) is 36.2 Å². The zero-order chi connectivity index (χ0) is 10.8. The number of aromatic nitrogens is 4. The Morgan fingerprint density at radius 3 is 2.93 bits per heavy atom. The number of nitrogens with zero attached hydrogens (tertiary/aromatic N) is 4. The molecule has 0 radical (unpaired) electrons. The summed E-state index contributed by atoms with van der Waals surface area (Å²) in [7, 11) is 1.93. The first-order valence-corrected chi connectivity index (χ1v) is 4.91. The van der Waals surface area contributed by atoms with E-state index in [0.29, 0.717) is 0 Å². The van der Waals surface area contributed by atoms with Crippen molar-refractivity contribution in [2.45, 2.75) is 19.5 Å². The quantitative estimate of drug-likeness (QED) is 0.801. The molecule has 2 aromatic rings. The van der Waals surface area contributed by atoms with E-state index in [2.05, 4.69) is 10.1 Å². The highest BCUT2D eigenvalue weighted by Gasteiger charge is 2.08. The van der Waals surface area contributed by atoms with Gasteiger partial charge >= 0.3 is 0 Å². The number of rotatable bonds is 3. The van der Waals surface area contributed by atoms with E-state index in [0.717, 1.165) is 17.9 Å². The normalized spacial score (nSPS) is 13.0. The highest BCUT2D eigenvalue weighted by molar-refractivity contribution is 5.08. The molecule has 0 aliphatic carbocycles. The van der Waals surface area contributed by atoms with E-state index in [9.17, 15) is 0 Å². The third-order valence-electron chi connectivity index (χ3n) is 2.47. The van der Waals surface area contributed by atoms with Crippen LogP contribution in [0.15, 0.2) is 24.8 Å². The van der Waals surface area contributed by atoms with Crippen LogP contribution >= 0.6 is 0 Å². The van der Waals surface area contributed by atoms with Crippen LogP contribution in [0.5, 0.6) is 0 Å². The van der Waals surface area contributed by atoms with E-state index in [1.165, 1.54) is 0 Å². The van der Waals surface area contributed by atoms with Gasteiger partial charge < -0.3 is 10.3 Å². The fourth-order valence-corrected chi connectivity index (χ4v) is 1.57. The summed E-state index contributed by atoms with van der Waals surface area (Å²) in [6, 6.07) is 1.99. The van der Waals surface area contributed by atoms with Crippen LogP contribution in [0.1, 0.15) is 24.4 Å². The molecule has 0 aliphatic rings. The summed E-state index contributed by atoms with van der Waals surface area (Å²) in [5.41, 5.74) is 8.02. The number of aryl methyl sites for hydroxylation is 1. The van der Waals surface area contributed by atoms with Crippen molar-refractivity contribution in [3.8, 4) is 0 Å². The molecule has 0 aliphatic heterocycles. The molecule has 0 saturated carbocycles. The lowest BCUT2D eigenvalue weighted by Crippen LogP contribution is -2.13. The third-order valence-corrected chi connectivity index (χ3v) is 2.47. The van der Waals surface area contributed by atoms with E-state index in [1.54, 1.807) is 18.7 Å². The summed E-state index contributed by atoms with van der Waals surface area (Å²) >= 11 is 0. The van der Waals surface area contributed by atoms with Gasteiger partial charge in [0.25, 0.3) is 0 Å². The van der Waals surface area contributed by atoms with Crippen molar-refractivity contribution in [2.75, 3.05) is 0 Å². The summed E-state index contributed by atoms with van der Waals surface area (Å²) in [5.74, 6) is 0. The van der Waals surface area contributed by atoms with E-state index in [4.69, 9.17) is 5.73 Å². The maximum atomic E-state index is 5.84. The minimum absolute atomic E-state index is 0.000674. The average molecular weight is 205 g/mol. The molecule has 0 unspecified atom stereocenters. The Kier molecular flexibility index (Phi) is 2.55. The molecule has 80 valence electrons. The van der Waals surface area contributed by atoms with Crippen molar-refractivity contribution in [3.63, 3.8) is 0 Å². The molecule has 15 heavy (non-hydrogen) atoms. The van der Waals surface area contributed by atoms with Gasteiger partial charge in [-0.25, -0.2) is 4.98 Å². The molecule has 1 atom stereocenters. The molecule has 5 heteroatoms. The molecule has 0 fully saturated rings. The molecule has 0 amide bonds. The average Bonchev–Trinajstić information content (AvgIpc) is 2.77. The summed E-state index contributed by atoms with van der Waals surface area (Å²) in [6.07, 6.45) is 5.39. The lowest BCUT2D eigenvalue weighted by atomic mass is 10.2. The number of nitrogens with two attached hydrogens (primary N) is 1. The van der Waals surface area contributed by atoms with Crippen LogP contribution in [0.2, 0.25) is 0 Å². The van der Waals surface area contributed by atoms with Gasteiger partial charge in [-0.1, -0.05) is 0 Å². The van der Waals surface area contributed by atoms with Crippen LogP contribution in [0.4, 0.5) is 0 Å². The van der Waals surface area contributed by atoms with Crippen LogP contribution < -0.4 is 5.73 Å². The Labute approximate surface area is 88.5 Å². The zero-order valence-electron chi connectivity index (χ0n) is 8.96. The van der Waals surface area contributed by atoms with Gasteiger partial charge in [-0.05, 0) is 13.0 Å². The standard InChI is InChI=1S/C10H15N5/c1-8(11)10-5-12-7-15(10)6-9-3-4-13-14(9)2/h3-5,7-8H,6,11H2,1-2H3/t8-/m1/s1. The molecule has 2 rings (SSSR count). The summed E-state index contributed by atoms with van der Waals surface area (Å²) in [4.78, 5) is 4.11. The lowest BCUT2D eigenvalue weighted by molar-refractivity contribution is 0.626. The molecule has 0 spiro atoms. The van der Waals surface area contributed by atoms with Crippen LogP contribution in [0.3, 0.4) is 0 Å². The van der Waals surface area contributed by atoms with Gasteiger partial charge in [-0.3, -0.25) is 4.68 Å². The topological polar surface area (TPSA) is 61.7 Å². The molecule has 2 heterocycles. The van der Waals surface area contributed by atoms with Gasteiger partial charge in [0, 0.05) is 25.5 Å². The van der Waals surface area contributed by atoms with Crippen LogP contribution in [-0.2, 0) is 13.6 Å². The molecule has 5 nitrogen and oxygen atoms in total. The molecular weight excluding hydrogens is 190 g/mol. The molecule has 0 saturated heterocycles. The fourth-order valence-electron chi connectivity index (χ4n) is 1.57. The second-order valence-electron chi connectivity index (χ2n) is 3.68. The van der Waals surface area contributed by atoms with Gasteiger partial charge in [0.1, 0.15) is 0 Å². The van der Waals surface area contributed by atoms with Crippen LogP contribution in [0.25, 0.3) is 0 Å². The van der Waals surface area contributed by atoms with E-state index >= 15 is 0 Å². The van der Waals surface area contributed by atoms with Gasteiger partial charge in [-0.15, -0.1) is 0 Å². The molecule has 0 aromatic carbocycles. The minimum Gasteiger partial charge on any atom is -0.327 e. The Morgan fingerprint density at radius 2 is 2.33 bits per heavy atom. The minimum atomic E-state index is 0.000674. The van der Waals surface area contributed by atoms with Crippen molar-refractivity contribution >= 4 is 0 Å². The highest BCUT2D eigenvalue weighted by atomic mass is 15.3. The first-order chi connectivity index (χ1) is 7.18. The number of hydrogen-bond acceptors (Lipinski definition) is 3. The van der Waals surface area contributed by atoms with Crippen molar-refractivity contribution < 1.29 is 0 Å². The maximum absolute atomic E-state index is 5.84. The summed E-state index contributed by atoms with van der Waals surface area (Å²) < 4.78 is 3.90. The Hall–Kier alpha value is -1.62. The zero-order valence-corrected chi connectivity index (χ0v) is 8.96. The largest absolute Gasteiger partial charge is 0.327 e. The van der Waals surface area contributed by atoms with Gasteiger partial charge in [0.05, 0.1) is 24.3 Å². The van der Waals surface area contributed by atoms with E-state index in [1.807, 2.05) is 29.3 Å². The molecule has 2 aromatic heterocycles. The van der Waals surface area contributed by atoms with Crippen molar-refractivity contribution in [1.82, 2.24) is 19.3 Å². The summed E-state index contributed by atoms with van der Waals surface area (Å²) in [5, 5.41) is 4.12. The smallest absolute Gasteiger partial charge is 0.0952 e. The lowest BCUT2D eigenvalue weighted by Gasteiger charge is -2.10. The fraction of sp³-hybridized carbons (Fsp3) is 0.400. The van der Waals surface area contributed by atoms with Crippen molar-refractivity contribution in [2.24, 2.45) is 12.8 Å². The van der Waals surface area contributed by atoms with E-state index < -0.39 is 0 Å². The second kappa shape index (κ2) is 3.86. The number of hydrogen-bond donors (Lipinski definition) is 1. The van der Waals surface area contributed by atoms with Gasteiger partial charge in [0.15, 0.2) is 0 Å². The Balaban J connectivity index is 2.25. The predicted octanol–water partition coefficient (Wildman–Crippen LogP) is 0.685. The number of imidazole rings is 1. The van der Waals surface area contributed by atoms with Gasteiger partial charge in [0.2, 0.25) is 0 Å². The summed E-state index contributed by atoms with van der Waals surface area (Å²) in [6.45, 7) is 2.71. The van der Waals surface area contributed by atoms with Gasteiger partial charge in [-0.2, -0.15) is 5.10 Å². The maximum Gasteiger partial charge on any atom is 0.0952 e. The first-order valence-electron chi connectivity index (χ1n) is 4.91. The second-order valence-corrected chi connectivity index (χ2v) is 3.68. The molecular formula is C10H15N5. The highest BCUT2D eigenvalue weighted by Crippen LogP contribution is 2.10. The Bertz CT molecular complexity index is 440. The van der Waals surface area contributed by atoms with Crippen LogP contribution in [-0.4, -0.2) is 19.3 Å². The molecule has 0 bridgehead atoms. The SMILES string of the molecule is C[C@@H](N)c1cncn1Cc1ccnn1C. The van der Waals surface area contributed by atoms with Crippen LogP contribution in [0, 0.1) is 0 Å². The first kappa shape index (κ1) is 9.92. The Morgan fingerprint density at radius 1 is 1.53 bits per heavy atom. The van der Waals surface area contributed by atoms with Crippen molar-refractivity contribution in [1.29, 1.82) is 0 Å². The molecule has 2 N–H and O–H groups in total. The predicted molar refractivity (Wildman–Crippen MR) is 57.1 cm³/mol. The monoisotopic (exact) mass is 205 g/mol. The third kappa shape index (κ3) is 1.92. The van der Waals surface area contributed by atoms with E-state index in [-0.39, 0.29) is 6.04 Å².